The molecule has 0 atom stereocenters. The number of halogens is 2. The van der Waals surface area contributed by atoms with Crippen molar-refractivity contribution in [1.29, 1.82) is 0 Å². The molecule has 0 aliphatic heterocycles. The summed E-state index contributed by atoms with van der Waals surface area (Å²) >= 11 is 5.58. The lowest BCUT2D eigenvalue weighted by molar-refractivity contribution is 0.611. The standard InChI is InChI=1S/C11H14ClF/c1-2-10-8-9(4-3-7-12)5-6-11(10)13/h5-6,8H,2-4,7H2,1H3. The van der Waals surface area contributed by atoms with Crippen molar-refractivity contribution in [2.24, 2.45) is 0 Å². The van der Waals surface area contributed by atoms with Crippen LogP contribution in [0.25, 0.3) is 0 Å². The summed E-state index contributed by atoms with van der Waals surface area (Å²) < 4.78 is 13.1. The first-order chi connectivity index (χ1) is 6.27. The maximum atomic E-state index is 13.1. The molecule has 1 aromatic carbocycles. The predicted molar refractivity (Wildman–Crippen MR) is 54.8 cm³/mol. The van der Waals surface area contributed by atoms with Gasteiger partial charge in [-0.05, 0) is 36.5 Å². The first-order valence-corrected chi connectivity index (χ1v) is 5.14. The van der Waals surface area contributed by atoms with Crippen molar-refractivity contribution in [2.75, 3.05) is 5.88 Å². The summed E-state index contributed by atoms with van der Waals surface area (Å²) in [6.07, 6.45) is 2.65. The van der Waals surface area contributed by atoms with Crippen LogP contribution in [0, 0.1) is 5.82 Å². The number of aryl methyl sites for hydroxylation is 2. The third kappa shape index (κ3) is 3.00. The molecule has 0 bridgehead atoms. The summed E-state index contributed by atoms with van der Waals surface area (Å²) in [5, 5.41) is 0. The fourth-order valence-corrected chi connectivity index (χ4v) is 1.46. The summed E-state index contributed by atoms with van der Waals surface area (Å²) in [5.74, 6) is 0.566. The molecule has 0 aromatic heterocycles. The molecule has 0 aliphatic carbocycles. The Balaban J connectivity index is 2.74. The van der Waals surface area contributed by atoms with Crippen LogP contribution in [0.3, 0.4) is 0 Å². The van der Waals surface area contributed by atoms with Crippen molar-refractivity contribution in [1.82, 2.24) is 0 Å². The van der Waals surface area contributed by atoms with E-state index in [9.17, 15) is 4.39 Å². The zero-order chi connectivity index (χ0) is 9.68. The molecule has 0 saturated heterocycles. The van der Waals surface area contributed by atoms with Gasteiger partial charge in [-0.3, -0.25) is 0 Å². The lowest BCUT2D eigenvalue weighted by Crippen LogP contribution is -1.92. The Morgan fingerprint density at radius 1 is 1.38 bits per heavy atom. The maximum absolute atomic E-state index is 13.1. The van der Waals surface area contributed by atoms with Gasteiger partial charge in [0.15, 0.2) is 0 Å². The number of hydrogen-bond acceptors (Lipinski definition) is 0. The normalized spacial score (nSPS) is 10.4. The number of rotatable bonds is 4. The minimum Gasteiger partial charge on any atom is -0.207 e. The van der Waals surface area contributed by atoms with Crippen LogP contribution in [-0.2, 0) is 12.8 Å². The summed E-state index contributed by atoms with van der Waals surface area (Å²) in [6.45, 7) is 1.96. The highest BCUT2D eigenvalue weighted by molar-refractivity contribution is 6.17. The van der Waals surface area contributed by atoms with Crippen molar-refractivity contribution >= 4 is 11.6 Å². The lowest BCUT2D eigenvalue weighted by Gasteiger charge is -2.03. The fraction of sp³-hybridized carbons (Fsp3) is 0.455. The summed E-state index contributed by atoms with van der Waals surface area (Å²) in [4.78, 5) is 0. The Morgan fingerprint density at radius 3 is 2.77 bits per heavy atom. The predicted octanol–water partition coefficient (Wildman–Crippen LogP) is 3.56. The molecule has 0 N–H and O–H groups in total. The molecule has 0 saturated carbocycles. The second kappa shape index (κ2) is 5.23. The van der Waals surface area contributed by atoms with Gasteiger partial charge in [0.05, 0.1) is 0 Å². The smallest absolute Gasteiger partial charge is 0.126 e. The molecule has 13 heavy (non-hydrogen) atoms. The van der Waals surface area contributed by atoms with E-state index in [-0.39, 0.29) is 5.82 Å². The second-order valence-corrected chi connectivity index (χ2v) is 3.45. The lowest BCUT2D eigenvalue weighted by atomic mass is 10.0. The summed E-state index contributed by atoms with van der Waals surface area (Å²) in [6, 6.07) is 5.31. The van der Waals surface area contributed by atoms with E-state index in [1.54, 1.807) is 6.07 Å². The Bertz CT molecular complexity index is 271. The zero-order valence-corrected chi connectivity index (χ0v) is 8.57. The van der Waals surface area contributed by atoms with Gasteiger partial charge >= 0.3 is 0 Å². The van der Waals surface area contributed by atoms with E-state index in [0.29, 0.717) is 5.88 Å². The van der Waals surface area contributed by atoms with Gasteiger partial charge in [0.2, 0.25) is 0 Å². The first kappa shape index (κ1) is 10.5. The van der Waals surface area contributed by atoms with E-state index in [0.717, 1.165) is 24.8 Å². The summed E-state index contributed by atoms with van der Waals surface area (Å²) in [7, 11) is 0. The Labute approximate surface area is 83.7 Å². The summed E-state index contributed by atoms with van der Waals surface area (Å²) in [5.41, 5.74) is 1.98. The Hall–Kier alpha value is -0.560. The molecule has 1 rings (SSSR count). The molecular weight excluding hydrogens is 187 g/mol. The third-order valence-electron chi connectivity index (χ3n) is 2.09. The van der Waals surface area contributed by atoms with Crippen LogP contribution < -0.4 is 0 Å². The zero-order valence-electron chi connectivity index (χ0n) is 7.82. The molecule has 72 valence electrons. The van der Waals surface area contributed by atoms with E-state index in [4.69, 9.17) is 11.6 Å². The highest BCUT2D eigenvalue weighted by atomic mass is 35.5. The van der Waals surface area contributed by atoms with Gasteiger partial charge in [-0.1, -0.05) is 19.1 Å². The van der Waals surface area contributed by atoms with E-state index in [2.05, 4.69) is 0 Å². The highest BCUT2D eigenvalue weighted by Crippen LogP contribution is 2.12. The van der Waals surface area contributed by atoms with Crippen molar-refractivity contribution in [2.45, 2.75) is 26.2 Å². The molecule has 0 spiro atoms. The third-order valence-corrected chi connectivity index (χ3v) is 2.36. The van der Waals surface area contributed by atoms with Crippen LogP contribution in [0.5, 0.6) is 0 Å². The van der Waals surface area contributed by atoms with Crippen LogP contribution in [0.15, 0.2) is 18.2 Å². The minimum absolute atomic E-state index is 0.0999. The molecule has 0 fully saturated rings. The average Bonchev–Trinajstić information content (AvgIpc) is 2.16. The van der Waals surface area contributed by atoms with Crippen LogP contribution in [0.2, 0.25) is 0 Å². The van der Waals surface area contributed by atoms with E-state index in [1.165, 1.54) is 5.56 Å². The number of alkyl halides is 1. The van der Waals surface area contributed by atoms with Crippen molar-refractivity contribution in [3.05, 3.63) is 35.1 Å². The molecule has 0 amide bonds. The van der Waals surface area contributed by atoms with Gasteiger partial charge < -0.3 is 0 Å². The van der Waals surface area contributed by atoms with Gasteiger partial charge in [0.1, 0.15) is 5.82 Å². The molecule has 0 unspecified atom stereocenters. The molecule has 0 heterocycles. The van der Waals surface area contributed by atoms with Gasteiger partial charge in [0, 0.05) is 5.88 Å². The van der Waals surface area contributed by atoms with Crippen LogP contribution in [-0.4, -0.2) is 5.88 Å². The Morgan fingerprint density at radius 2 is 2.15 bits per heavy atom. The minimum atomic E-state index is -0.0999. The van der Waals surface area contributed by atoms with Crippen molar-refractivity contribution in [3.63, 3.8) is 0 Å². The molecule has 1 aromatic rings. The highest BCUT2D eigenvalue weighted by Gasteiger charge is 2.00. The SMILES string of the molecule is CCc1cc(CCCCl)ccc1F. The molecule has 0 nitrogen and oxygen atoms in total. The number of hydrogen-bond donors (Lipinski definition) is 0. The fourth-order valence-electron chi connectivity index (χ4n) is 1.33. The molecule has 0 aliphatic rings. The second-order valence-electron chi connectivity index (χ2n) is 3.07. The number of benzene rings is 1. The van der Waals surface area contributed by atoms with Gasteiger partial charge in [-0.2, -0.15) is 0 Å². The average molecular weight is 201 g/mol. The van der Waals surface area contributed by atoms with Gasteiger partial charge in [-0.25, -0.2) is 4.39 Å². The van der Waals surface area contributed by atoms with Gasteiger partial charge in [-0.15, -0.1) is 11.6 Å². The van der Waals surface area contributed by atoms with Gasteiger partial charge in [0.25, 0.3) is 0 Å². The van der Waals surface area contributed by atoms with Crippen LogP contribution >= 0.6 is 11.6 Å². The van der Waals surface area contributed by atoms with Crippen LogP contribution in [0.4, 0.5) is 4.39 Å². The first-order valence-electron chi connectivity index (χ1n) is 4.61. The topological polar surface area (TPSA) is 0 Å². The van der Waals surface area contributed by atoms with Crippen molar-refractivity contribution < 1.29 is 4.39 Å². The molecular formula is C11H14ClF. The molecule has 2 heteroatoms. The molecule has 0 radical (unpaired) electrons. The Kier molecular flexibility index (Phi) is 4.23. The van der Waals surface area contributed by atoms with E-state index < -0.39 is 0 Å². The van der Waals surface area contributed by atoms with Crippen LogP contribution in [0.1, 0.15) is 24.5 Å². The maximum Gasteiger partial charge on any atom is 0.126 e. The monoisotopic (exact) mass is 200 g/mol. The largest absolute Gasteiger partial charge is 0.207 e. The van der Waals surface area contributed by atoms with E-state index >= 15 is 0 Å². The quantitative estimate of drug-likeness (QED) is 0.652. The van der Waals surface area contributed by atoms with Crippen molar-refractivity contribution in [3.8, 4) is 0 Å². The van der Waals surface area contributed by atoms with E-state index in [1.807, 2.05) is 19.1 Å².